The molecule has 0 spiro atoms. The van der Waals surface area contributed by atoms with E-state index in [0.717, 1.165) is 16.5 Å². The summed E-state index contributed by atoms with van der Waals surface area (Å²) in [5, 5.41) is 0. The van der Waals surface area contributed by atoms with E-state index in [-0.39, 0.29) is 12.5 Å². The Morgan fingerprint density at radius 3 is 2.59 bits per heavy atom. The van der Waals surface area contributed by atoms with Gasteiger partial charge in [0.15, 0.2) is 0 Å². The highest BCUT2D eigenvalue weighted by Gasteiger charge is 2.13. The van der Waals surface area contributed by atoms with E-state index in [1.54, 1.807) is 19.3 Å². The maximum atomic E-state index is 11.4. The summed E-state index contributed by atoms with van der Waals surface area (Å²) in [4.78, 5) is 21.7. The molecular formula is C11H16IN3O2. The minimum Gasteiger partial charge on any atom is -0.465 e. The second-order valence-corrected chi connectivity index (χ2v) is 4.67. The lowest BCUT2D eigenvalue weighted by Gasteiger charge is -2.20. The van der Waals surface area contributed by atoms with Crippen molar-refractivity contribution in [2.24, 2.45) is 0 Å². The van der Waals surface area contributed by atoms with Gasteiger partial charge in [-0.25, -0.2) is 9.97 Å². The SMILES string of the molecule is CCCN(CC(=O)OCC)c1ncc(I)cn1. The standard InChI is InChI=1S/C11H16IN3O2/c1-3-5-15(8-10(16)17-4-2)11-13-6-9(12)7-14-11/h6-7H,3-5,8H2,1-2H3. The summed E-state index contributed by atoms with van der Waals surface area (Å²) >= 11 is 2.14. The molecule has 0 radical (unpaired) electrons. The van der Waals surface area contributed by atoms with Gasteiger partial charge < -0.3 is 9.64 Å². The highest BCUT2D eigenvalue weighted by atomic mass is 127. The highest BCUT2D eigenvalue weighted by Crippen LogP contribution is 2.09. The average molecular weight is 349 g/mol. The number of nitrogens with zero attached hydrogens (tertiary/aromatic N) is 3. The van der Waals surface area contributed by atoms with E-state index >= 15 is 0 Å². The van der Waals surface area contributed by atoms with Gasteiger partial charge in [-0.15, -0.1) is 0 Å². The smallest absolute Gasteiger partial charge is 0.325 e. The topological polar surface area (TPSA) is 55.3 Å². The Kier molecular flexibility index (Phi) is 6.17. The van der Waals surface area contributed by atoms with Gasteiger partial charge in [-0.05, 0) is 35.9 Å². The molecule has 0 saturated heterocycles. The van der Waals surface area contributed by atoms with E-state index < -0.39 is 0 Å². The molecule has 6 heteroatoms. The molecule has 0 unspecified atom stereocenters. The molecule has 0 fully saturated rings. The van der Waals surface area contributed by atoms with Crippen molar-refractivity contribution in [1.29, 1.82) is 0 Å². The van der Waals surface area contributed by atoms with Crippen LogP contribution in [0.5, 0.6) is 0 Å². The number of ether oxygens (including phenoxy) is 1. The summed E-state index contributed by atoms with van der Waals surface area (Å²) in [6, 6.07) is 0. The van der Waals surface area contributed by atoms with Crippen LogP contribution in [0.1, 0.15) is 20.3 Å². The molecule has 0 amide bonds. The first-order valence-corrected chi connectivity index (χ1v) is 6.63. The minimum atomic E-state index is -0.247. The number of aromatic nitrogens is 2. The van der Waals surface area contributed by atoms with Crippen LogP contribution in [0.3, 0.4) is 0 Å². The van der Waals surface area contributed by atoms with E-state index in [0.29, 0.717) is 12.6 Å². The Hall–Kier alpha value is -0.920. The lowest BCUT2D eigenvalue weighted by atomic mass is 10.4. The molecule has 17 heavy (non-hydrogen) atoms. The molecule has 0 aliphatic rings. The van der Waals surface area contributed by atoms with E-state index in [4.69, 9.17) is 4.74 Å². The number of carbonyl (C=O) groups is 1. The fraction of sp³-hybridized carbons (Fsp3) is 0.545. The monoisotopic (exact) mass is 349 g/mol. The summed E-state index contributed by atoms with van der Waals surface area (Å²) in [6.07, 6.45) is 4.39. The van der Waals surface area contributed by atoms with Crippen LogP contribution in [0.15, 0.2) is 12.4 Å². The summed E-state index contributed by atoms with van der Waals surface area (Å²) in [5.41, 5.74) is 0. The van der Waals surface area contributed by atoms with Crippen molar-refractivity contribution in [3.05, 3.63) is 16.0 Å². The van der Waals surface area contributed by atoms with Crippen LogP contribution < -0.4 is 4.90 Å². The van der Waals surface area contributed by atoms with Crippen LogP contribution in [0, 0.1) is 3.57 Å². The zero-order valence-electron chi connectivity index (χ0n) is 10.0. The van der Waals surface area contributed by atoms with E-state index in [9.17, 15) is 4.79 Å². The van der Waals surface area contributed by atoms with Gasteiger partial charge in [0.2, 0.25) is 5.95 Å². The molecule has 0 atom stereocenters. The Balaban J connectivity index is 2.71. The largest absolute Gasteiger partial charge is 0.465 e. The van der Waals surface area contributed by atoms with Crippen LogP contribution in [-0.2, 0) is 9.53 Å². The summed E-state index contributed by atoms with van der Waals surface area (Å²) in [5.74, 6) is 0.323. The Labute approximate surface area is 115 Å². The molecule has 0 bridgehead atoms. The molecule has 0 aromatic carbocycles. The molecule has 5 nitrogen and oxygen atoms in total. The maximum absolute atomic E-state index is 11.4. The van der Waals surface area contributed by atoms with Crippen LogP contribution in [0.25, 0.3) is 0 Å². The number of halogens is 1. The van der Waals surface area contributed by atoms with Crippen molar-refractivity contribution in [1.82, 2.24) is 9.97 Å². The number of anilines is 1. The van der Waals surface area contributed by atoms with Crippen LogP contribution in [0.4, 0.5) is 5.95 Å². The zero-order chi connectivity index (χ0) is 12.7. The first-order chi connectivity index (χ1) is 8.17. The van der Waals surface area contributed by atoms with Gasteiger partial charge in [0, 0.05) is 22.5 Å². The first-order valence-electron chi connectivity index (χ1n) is 5.55. The van der Waals surface area contributed by atoms with Gasteiger partial charge in [-0.3, -0.25) is 4.79 Å². The molecule has 1 aromatic rings. The zero-order valence-corrected chi connectivity index (χ0v) is 12.2. The molecule has 1 aromatic heterocycles. The summed E-state index contributed by atoms with van der Waals surface area (Å²) in [7, 11) is 0. The van der Waals surface area contributed by atoms with Gasteiger partial charge in [0.1, 0.15) is 6.54 Å². The van der Waals surface area contributed by atoms with Crippen molar-refractivity contribution in [2.45, 2.75) is 20.3 Å². The quantitative estimate of drug-likeness (QED) is 0.580. The number of esters is 1. The third-order valence-corrected chi connectivity index (χ3v) is 2.57. The fourth-order valence-corrected chi connectivity index (χ4v) is 1.63. The van der Waals surface area contributed by atoms with Crippen molar-refractivity contribution in [3.8, 4) is 0 Å². The van der Waals surface area contributed by atoms with Crippen LogP contribution in [-0.4, -0.2) is 35.6 Å². The predicted octanol–water partition coefficient (Wildman–Crippen LogP) is 1.86. The van der Waals surface area contributed by atoms with E-state index in [2.05, 4.69) is 32.6 Å². The first kappa shape index (κ1) is 14.1. The normalized spacial score (nSPS) is 10.1. The molecule has 1 rings (SSSR count). The second kappa shape index (κ2) is 7.41. The second-order valence-electron chi connectivity index (χ2n) is 3.43. The minimum absolute atomic E-state index is 0.197. The van der Waals surface area contributed by atoms with Crippen LogP contribution >= 0.6 is 22.6 Å². The van der Waals surface area contributed by atoms with Crippen LogP contribution in [0.2, 0.25) is 0 Å². The Morgan fingerprint density at radius 1 is 1.41 bits per heavy atom. The molecule has 0 N–H and O–H groups in total. The number of hydrogen-bond acceptors (Lipinski definition) is 5. The molecule has 1 heterocycles. The summed E-state index contributed by atoms with van der Waals surface area (Å²) < 4.78 is 5.90. The molecule has 94 valence electrons. The maximum Gasteiger partial charge on any atom is 0.325 e. The van der Waals surface area contributed by atoms with Crippen molar-refractivity contribution < 1.29 is 9.53 Å². The highest BCUT2D eigenvalue weighted by molar-refractivity contribution is 14.1. The lowest BCUT2D eigenvalue weighted by molar-refractivity contribution is -0.141. The molecular weight excluding hydrogens is 333 g/mol. The molecule has 0 aliphatic carbocycles. The van der Waals surface area contributed by atoms with Gasteiger partial charge in [-0.1, -0.05) is 6.92 Å². The summed E-state index contributed by atoms with van der Waals surface area (Å²) in [6.45, 7) is 5.17. The third kappa shape index (κ3) is 4.84. The predicted molar refractivity (Wildman–Crippen MR) is 73.9 cm³/mol. The van der Waals surface area contributed by atoms with Crippen molar-refractivity contribution in [2.75, 3.05) is 24.6 Å². The fourth-order valence-electron chi connectivity index (χ4n) is 1.35. The van der Waals surface area contributed by atoms with E-state index in [1.807, 2.05) is 11.8 Å². The number of hydrogen-bond donors (Lipinski definition) is 0. The lowest BCUT2D eigenvalue weighted by Crippen LogP contribution is -2.33. The van der Waals surface area contributed by atoms with Gasteiger partial charge in [0.05, 0.1) is 6.61 Å². The van der Waals surface area contributed by atoms with Gasteiger partial charge >= 0.3 is 5.97 Å². The number of carbonyl (C=O) groups excluding carboxylic acids is 1. The average Bonchev–Trinajstić information content (AvgIpc) is 2.30. The molecule has 0 saturated carbocycles. The Morgan fingerprint density at radius 2 is 2.06 bits per heavy atom. The number of rotatable bonds is 6. The van der Waals surface area contributed by atoms with Gasteiger partial charge in [0.25, 0.3) is 0 Å². The van der Waals surface area contributed by atoms with E-state index in [1.165, 1.54) is 0 Å². The Bertz CT molecular complexity index is 356. The van der Waals surface area contributed by atoms with Crippen molar-refractivity contribution in [3.63, 3.8) is 0 Å². The third-order valence-electron chi connectivity index (χ3n) is 2.01. The van der Waals surface area contributed by atoms with Crippen molar-refractivity contribution >= 4 is 34.5 Å². The molecule has 0 aliphatic heterocycles. The van der Waals surface area contributed by atoms with Gasteiger partial charge in [-0.2, -0.15) is 0 Å².